The number of amides is 1. The molecule has 2 aromatic carbocycles. The third-order valence-corrected chi connectivity index (χ3v) is 6.32. The van der Waals surface area contributed by atoms with Crippen LogP contribution in [0.2, 0.25) is 0 Å². The molecule has 0 spiro atoms. The summed E-state index contributed by atoms with van der Waals surface area (Å²) in [5, 5.41) is 5.81. The lowest BCUT2D eigenvalue weighted by atomic mass is 10.00. The smallest absolute Gasteiger partial charge is 0.255 e. The summed E-state index contributed by atoms with van der Waals surface area (Å²) in [6, 6.07) is 8.72. The van der Waals surface area contributed by atoms with E-state index in [4.69, 9.17) is 0 Å². The quantitative estimate of drug-likeness (QED) is 0.241. The van der Waals surface area contributed by atoms with E-state index in [1.807, 2.05) is 0 Å². The van der Waals surface area contributed by atoms with Gasteiger partial charge in [-0.2, -0.15) is 0 Å². The van der Waals surface area contributed by atoms with Gasteiger partial charge >= 0.3 is 0 Å². The number of fused-ring (bicyclic) bond motifs is 1. The standard InChI is InChI=1S/C28H19F3N6O2/c29-17-3-1-2-14(8-17)27(39)37-22-7-6-21(30)23(24(22)31)25(38)20-13-33-26-19(20)9-15(10-32-26)16-11-34-28(35-12-16)36-18-4-5-18/h1-3,6-13,18H,4-5H2,(H,32,33)(H,37,39)(H,34,35,36). The van der Waals surface area contributed by atoms with Gasteiger partial charge in [0.25, 0.3) is 5.91 Å². The van der Waals surface area contributed by atoms with Crippen LogP contribution in [0, 0.1) is 17.5 Å². The number of H-pyrrole nitrogens is 1. The molecule has 3 N–H and O–H groups in total. The molecule has 3 aromatic heterocycles. The van der Waals surface area contributed by atoms with E-state index in [2.05, 4.69) is 30.6 Å². The van der Waals surface area contributed by atoms with Gasteiger partial charge in [0.15, 0.2) is 5.82 Å². The van der Waals surface area contributed by atoms with E-state index < -0.39 is 40.4 Å². The molecule has 0 radical (unpaired) electrons. The molecule has 6 rings (SSSR count). The Morgan fingerprint density at radius 2 is 1.69 bits per heavy atom. The van der Waals surface area contributed by atoms with Crippen molar-refractivity contribution < 1.29 is 22.8 Å². The Morgan fingerprint density at radius 1 is 0.923 bits per heavy atom. The first-order valence-electron chi connectivity index (χ1n) is 12.0. The van der Waals surface area contributed by atoms with Crippen molar-refractivity contribution in [2.45, 2.75) is 18.9 Å². The van der Waals surface area contributed by atoms with Crippen LogP contribution < -0.4 is 10.6 Å². The van der Waals surface area contributed by atoms with Gasteiger partial charge in [0.05, 0.1) is 11.3 Å². The lowest BCUT2D eigenvalue weighted by Gasteiger charge is -2.11. The second-order valence-electron chi connectivity index (χ2n) is 9.11. The number of anilines is 2. The molecule has 11 heteroatoms. The van der Waals surface area contributed by atoms with Gasteiger partial charge in [-0.15, -0.1) is 0 Å². The van der Waals surface area contributed by atoms with Crippen molar-refractivity contribution in [3.05, 3.63) is 101 Å². The van der Waals surface area contributed by atoms with Crippen molar-refractivity contribution in [3.63, 3.8) is 0 Å². The van der Waals surface area contributed by atoms with Gasteiger partial charge < -0.3 is 15.6 Å². The van der Waals surface area contributed by atoms with E-state index in [1.54, 1.807) is 24.7 Å². The fraction of sp³-hybridized carbons (Fsp3) is 0.107. The van der Waals surface area contributed by atoms with E-state index in [-0.39, 0.29) is 11.1 Å². The maximum atomic E-state index is 15.4. The highest BCUT2D eigenvalue weighted by atomic mass is 19.1. The second-order valence-corrected chi connectivity index (χ2v) is 9.11. The van der Waals surface area contributed by atoms with Crippen LogP contribution in [0.3, 0.4) is 0 Å². The largest absolute Gasteiger partial charge is 0.351 e. The van der Waals surface area contributed by atoms with Crippen LogP contribution in [0.5, 0.6) is 0 Å². The number of hydrogen-bond donors (Lipinski definition) is 3. The summed E-state index contributed by atoms with van der Waals surface area (Å²) < 4.78 is 43.7. The summed E-state index contributed by atoms with van der Waals surface area (Å²) in [7, 11) is 0. The van der Waals surface area contributed by atoms with Gasteiger partial charge in [0.2, 0.25) is 11.7 Å². The highest BCUT2D eigenvalue weighted by Crippen LogP contribution is 2.30. The zero-order chi connectivity index (χ0) is 27.1. The molecule has 0 bridgehead atoms. The molecule has 8 nitrogen and oxygen atoms in total. The predicted molar refractivity (Wildman–Crippen MR) is 138 cm³/mol. The normalized spacial score (nSPS) is 12.9. The van der Waals surface area contributed by atoms with Crippen molar-refractivity contribution in [2.24, 2.45) is 0 Å². The van der Waals surface area contributed by atoms with Crippen LogP contribution in [0.25, 0.3) is 22.2 Å². The summed E-state index contributed by atoms with van der Waals surface area (Å²) in [5.74, 6) is -4.26. The van der Waals surface area contributed by atoms with Crippen molar-refractivity contribution in [3.8, 4) is 11.1 Å². The first kappa shape index (κ1) is 24.3. The number of halogens is 3. The van der Waals surface area contributed by atoms with Crippen LogP contribution in [0.4, 0.5) is 24.8 Å². The Morgan fingerprint density at radius 3 is 2.44 bits per heavy atom. The third-order valence-electron chi connectivity index (χ3n) is 6.32. The van der Waals surface area contributed by atoms with Crippen molar-refractivity contribution in [1.29, 1.82) is 0 Å². The van der Waals surface area contributed by atoms with Crippen LogP contribution in [-0.2, 0) is 0 Å². The summed E-state index contributed by atoms with van der Waals surface area (Å²) >= 11 is 0. The zero-order valence-electron chi connectivity index (χ0n) is 20.1. The number of benzene rings is 2. The molecule has 1 aliphatic rings. The second kappa shape index (κ2) is 9.67. The molecule has 0 aliphatic heterocycles. The molecule has 1 aliphatic carbocycles. The minimum Gasteiger partial charge on any atom is -0.351 e. The molecular formula is C28H19F3N6O2. The van der Waals surface area contributed by atoms with Gasteiger partial charge in [-0.3, -0.25) is 9.59 Å². The summed E-state index contributed by atoms with van der Waals surface area (Å²) in [6.07, 6.45) is 8.31. The van der Waals surface area contributed by atoms with Crippen molar-refractivity contribution in [1.82, 2.24) is 19.9 Å². The van der Waals surface area contributed by atoms with Gasteiger partial charge in [0.1, 0.15) is 17.3 Å². The number of nitrogens with zero attached hydrogens (tertiary/aromatic N) is 3. The van der Waals surface area contributed by atoms with Crippen LogP contribution in [0.15, 0.2) is 67.3 Å². The number of aromatic amines is 1. The molecule has 1 fully saturated rings. The number of nitrogens with one attached hydrogen (secondary N) is 3. The van der Waals surface area contributed by atoms with Gasteiger partial charge in [-0.1, -0.05) is 6.07 Å². The molecule has 0 atom stereocenters. The van der Waals surface area contributed by atoms with E-state index in [9.17, 15) is 18.4 Å². The van der Waals surface area contributed by atoms with Gasteiger partial charge in [0, 0.05) is 58.5 Å². The molecule has 0 unspecified atom stereocenters. The molecule has 3 heterocycles. The summed E-state index contributed by atoms with van der Waals surface area (Å²) in [6.45, 7) is 0. The highest BCUT2D eigenvalue weighted by molar-refractivity contribution is 6.17. The fourth-order valence-electron chi connectivity index (χ4n) is 4.13. The number of rotatable bonds is 7. The number of hydrogen-bond acceptors (Lipinski definition) is 6. The fourth-order valence-corrected chi connectivity index (χ4v) is 4.13. The average Bonchev–Trinajstić information content (AvgIpc) is 3.65. The predicted octanol–water partition coefficient (Wildman–Crippen LogP) is 5.49. The van der Waals surface area contributed by atoms with Crippen LogP contribution in [-0.4, -0.2) is 37.7 Å². The van der Waals surface area contributed by atoms with Crippen LogP contribution >= 0.6 is 0 Å². The van der Waals surface area contributed by atoms with E-state index in [0.717, 1.165) is 37.1 Å². The minimum atomic E-state index is -1.25. The Kier molecular flexibility index (Phi) is 6.02. The Bertz CT molecular complexity index is 1750. The maximum Gasteiger partial charge on any atom is 0.255 e. The van der Waals surface area contributed by atoms with E-state index in [0.29, 0.717) is 34.2 Å². The summed E-state index contributed by atoms with van der Waals surface area (Å²) in [4.78, 5) is 41.7. The molecule has 39 heavy (non-hydrogen) atoms. The average molecular weight is 528 g/mol. The van der Waals surface area contributed by atoms with Crippen LogP contribution in [0.1, 0.15) is 39.1 Å². The molecular weight excluding hydrogens is 509 g/mol. The third kappa shape index (κ3) is 4.81. The lowest BCUT2D eigenvalue weighted by Crippen LogP contribution is -2.16. The number of pyridine rings is 1. The molecule has 0 saturated heterocycles. The number of ketones is 1. The Hall–Kier alpha value is -5.06. The molecule has 1 amide bonds. The van der Waals surface area contributed by atoms with E-state index in [1.165, 1.54) is 18.3 Å². The van der Waals surface area contributed by atoms with E-state index >= 15 is 4.39 Å². The topological polar surface area (TPSA) is 113 Å². The Labute approximate surface area is 219 Å². The maximum absolute atomic E-state index is 15.4. The highest BCUT2D eigenvalue weighted by Gasteiger charge is 2.26. The SMILES string of the molecule is O=C(Nc1ccc(F)c(C(=O)c2c[nH]c3ncc(-c4cnc(NC5CC5)nc4)cc23)c1F)c1cccc(F)c1. The molecule has 5 aromatic rings. The van der Waals surface area contributed by atoms with Gasteiger partial charge in [-0.25, -0.2) is 28.1 Å². The molecule has 194 valence electrons. The molecule has 1 saturated carbocycles. The Balaban J connectivity index is 1.31. The monoisotopic (exact) mass is 528 g/mol. The number of carbonyl (C=O) groups is 2. The van der Waals surface area contributed by atoms with Gasteiger partial charge in [-0.05, 0) is 49.2 Å². The number of aromatic nitrogens is 4. The lowest BCUT2D eigenvalue weighted by molar-refractivity contribution is 0.101. The van der Waals surface area contributed by atoms with Crippen molar-refractivity contribution >= 4 is 34.4 Å². The first-order valence-corrected chi connectivity index (χ1v) is 12.0. The first-order chi connectivity index (χ1) is 18.9. The minimum absolute atomic E-state index is 0.0151. The zero-order valence-corrected chi connectivity index (χ0v) is 20.1. The summed E-state index contributed by atoms with van der Waals surface area (Å²) in [5.41, 5.74) is 0.227. The number of carbonyl (C=O) groups excluding carboxylic acids is 2. The van der Waals surface area contributed by atoms with Crippen molar-refractivity contribution in [2.75, 3.05) is 10.6 Å².